The van der Waals surface area contributed by atoms with E-state index in [4.69, 9.17) is 14.7 Å². The Kier molecular flexibility index (Phi) is 5.89. The van der Waals surface area contributed by atoms with Crippen LogP contribution >= 0.6 is 0 Å². The lowest BCUT2D eigenvalue weighted by Gasteiger charge is -2.33. The molecule has 1 saturated heterocycles. The highest BCUT2D eigenvalue weighted by atomic mass is 16.5. The third-order valence-electron chi connectivity index (χ3n) is 5.40. The van der Waals surface area contributed by atoms with Gasteiger partial charge in [-0.25, -0.2) is 9.97 Å². The SMILES string of the molecule is C[C@@H]1CCCN(c2nc3ccccc3nc2[C@@H](C#N)C(=O)OCc2ccccc2)C1. The van der Waals surface area contributed by atoms with Crippen LogP contribution in [0.15, 0.2) is 54.6 Å². The number of esters is 1. The minimum absolute atomic E-state index is 0.120. The molecule has 3 aromatic rings. The van der Waals surface area contributed by atoms with Crippen molar-refractivity contribution < 1.29 is 9.53 Å². The van der Waals surface area contributed by atoms with Gasteiger partial charge >= 0.3 is 5.97 Å². The molecule has 4 rings (SSSR count). The summed E-state index contributed by atoms with van der Waals surface area (Å²) in [6, 6.07) is 19.1. The van der Waals surface area contributed by atoms with Crippen LogP contribution in [-0.4, -0.2) is 29.0 Å². The predicted molar refractivity (Wildman–Crippen MR) is 115 cm³/mol. The molecule has 0 saturated carbocycles. The number of hydrogen-bond donors (Lipinski definition) is 0. The van der Waals surface area contributed by atoms with Crippen LogP contribution in [0.4, 0.5) is 5.82 Å². The van der Waals surface area contributed by atoms with Crippen LogP contribution in [0.3, 0.4) is 0 Å². The first-order valence-electron chi connectivity index (χ1n) is 10.3. The van der Waals surface area contributed by atoms with Gasteiger partial charge in [-0.1, -0.05) is 49.4 Å². The molecule has 1 fully saturated rings. The topological polar surface area (TPSA) is 79.1 Å². The van der Waals surface area contributed by atoms with Crippen molar-refractivity contribution in [3.05, 3.63) is 65.9 Å². The summed E-state index contributed by atoms with van der Waals surface area (Å²) >= 11 is 0. The van der Waals surface area contributed by atoms with Crippen LogP contribution in [-0.2, 0) is 16.1 Å². The summed E-state index contributed by atoms with van der Waals surface area (Å²) in [5.74, 6) is -0.593. The van der Waals surface area contributed by atoms with Crippen LogP contribution in [0, 0.1) is 17.2 Å². The summed E-state index contributed by atoms with van der Waals surface area (Å²) in [4.78, 5) is 24.5. The standard InChI is InChI=1S/C24H24N4O2/c1-17-8-7-13-28(15-17)23-22(26-20-11-5-6-12-21(20)27-23)19(14-25)24(29)30-16-18-9-3-2-4-10-18/h2-6,9-12,17,19H,7-8,13,15-16H2,1H3/t17-,19-/m1/s1. The number of nitriles is 1. The molecule has 152 valence electrons. The number of piperidine rings is 1. The van der Waals surface area contributed by atoms with Crippen LogP contribution in [0.2, 0.25) is 0 Å². The number of fused-ring (bicyclic) bond motifs is 1. The zero-order valence-electron chi connectivity index (χ0n) is 17.0. The van der Waals surface area contributed by atoms with E-state index in [0.29, 0.717) is 22.9 Å². The minimum atomic E-state index is -1.13. The number of carbonyl (C=O) groups is 1. The number of nitrogens with zero attached hydrogens (tertiary/aromatic N) is 4. The number of para-hydroxylation sites is 2. The van der Waals surface area contributed by atoms with E-state index in [1.54, 1.807) is 0 Å². The molecular formula is C24H24N4O2. The molecule has 0 amide bonds. The van der Waals surface area contributed by atoms with Gasteiger partial charge in [-0.05, 0) is 36.5 Å². The second-order valence-electron chi connectivity index (χ2n) is 7.77. The van der Waals surface area contributed by atoms with Crippen LogP contribution in [0.5, 0.6) is 0 Å². The lowest BCUT2D eigenvalue weighted by molar-refractivity contribution is -0.145. The van der Waals surface area contributed by atoms with E-state index < -0.39 is 11.9 Å². The number of hydrogen-bond acceptors (Lipinski definition) is 6. The minimum Gasteiger partial charge on any atom is -0.460 e. The molecule has 0 unspecified atom stereocenters. The predicted octanol–water partition coefficient (Wildman–Crippen LogP) is 4.22. The highest BCUT2D eigenvalue weighted by Gasteiger charge is 2.31. The monoisotopic (exact) mass is 400 g/mol. The van der Waals surface area contributed by atoms with Gasteiger partial charge in [0, 0.05) is 13.1 Å². The molecule has 0 spiro atoms. The van der Waals surface area contributed by atoms with Crippen molar-refractivity contribution in [2.75, 3.05) is 18.0 Å². The molecule has 2 aromatic carbocycles. The molecule has 0 bridgehead atoms. The molecule has 2 heterocycles. The van der Waals surface area contributed by atoms with Crippen LogP contribution in [0.1, 0.15) is 36.9 Å². The Morgan fingerprint density at radius 3 is 2.57 bits per heavy atom. The lowest BCUT2D eigenvalue weighted by atomic mass is 9.99. The van der Waals surface area contributed by atoms with Crippen molar-refractivity contribution in [3.8, 4) is 6.07 Å². The van der Waals surface area contributed by atoms with Gasteiger partial charge in [0.25, 0.3) is 0 Å². The maximum atomic E-state index is 12.9. The van der Waals surface area contributed by atoms with E-state index >= 15 is 0 Å². The first-order chi connectivity index (χ1) is 14.7. The Bertz CT molecular complexity index is 1080. The zero-order chi connectivity index (χ0) is 20.9. The number of rotatable bonds is 5. The Morgan fingerprint density at radius 2 is 1.87 bits per heavy atom. The molecule has 1 aromatic heterocycles. The first-order valence-corrected chi connectivity index (χ1v) is 10.3. The van der Waals surface area contributed by atoms with E-state index in [9.17, 15) is 10.1 Å². The molecule has 6 nitrogen and oxygen atoms in total. The fourth-order valence-electron chi connectivity index (χ4n) is 3.85. The fourth-order valence-corrected chi connectivity index (χ4v) is 3.85. The number of anilines is 1. The maximum absolute atomic E-state index is 12.9. The Balaban J connectivity index is 1.68. The van der Waals surface area contributed by atoms with E-state index in [-0.39, 0.29) is 6.61 Å². The van der Waals surface area contributed by atoms with E-state index in [1.807, 2.05) is 54.6 Å². The van der Waals surface area contributed by atoms with Crippen molar-refractivity contribution in [2.24, 2.45) is 5.92 Å². The van der Waals surface area contributed by atoms with Gasteiger partial charge < -0.3 is 9.64 Å². The summed E-state index contributed by atoms with van der Waals surface area (Å²) in [6.45, 7) is 3.99. The second kappa shape index (κ2) is 8.91. The van der Waals surface area contributed by atoms with Gasteiger partial charge in [-0.2, -0.15) is 5.26 Å². The number of benzene rings is 2. The highest BCUT2D eigenvalue weighted by Crippen LogP contribution is 2.31. The van der Waals surface area contributed by atoms with E-state index in [0.717, 1.165) is 37.0 Å². The third kappa shape index (κ3) is 4.25. The van der Waals surface area contributed by atoms with Gasteiger partial charge in [0.1, 0.15) is 12.3 Å². The summed E-state index contributed by atoms with van der Waals surface area (Å²) in [5.41, 5.74) is 2.67. The summed E-state index contributed by atoms with van der Waals surface area (Å²) in [6.07, 6.45) is 2.21. The maximum Gasteiger partial charge on any atom is 0.330 e. The van der Waals surface area contributed by atoms with Crippen LogP contribution < -0.4 is 4.90 Å². The zero-order valence-corrected chi connectivity index (χ0v) is 17.0. The first kappa shape index (κ1) is 19.8. The van der Waals surface area contributed by atoms with Crippen molar-refractivity contribution >= 4 is 22.8 Å². The van der Waals surface area contributed by atoms with Crippen molar-refractivity contribution in [3.63, 3.8) is 0 Å². The molecule has 2 atom stereocenters. The summed E-state index contributed by atoms with van der Waals surface area (Å²) in [7, 11) is 0. The van der Waals surface area contributed by atoms with Gasteiger partial charge in [0.2, 0.25) is 0 Å². The largest absolute Gasteiger partial charge is 0.460 e. The normalized spacial score (nSPS) is 17.3. The van der Waals surface area contributed by atoms with Gasteiger partial charge in [0.15, 0.2) is 11.7 Å². The average molecular weight is 400 g/mol. The molecule has 0 radical (unpaired) electrons. The number of ether oxygens (including phenoxy) is 1. The molecule has 0 aliphatic carbocycles. The third-order valence-corrected chi connectivity index (χ3v) is 5.40. The van der Waals surface area contributed by atoms with Crippen LogP contribution in [0.25, 0.3) is 11.0 Å². The van der Waals surface area contributed by atoms with Crippen molar-refractivity contribution in [1.29, 1.82) is 5.26 Å². The number of aromatic nitrogens is 2. The van der Waals surface area contributed by atoms with E-state index in [1.165, 1.54) is 0 Å². The molecule has 6 heteroatoms. The summed E-state index contributed by atoms with van der Waals surface area (Å²) < 4.78 is 5.46. The van der Waals surface area contributed by atoms with Gasteiger partial charge in [0.05, 0.1) is 17.1 Å². The molecule has 1 aliphatic rings. The Morgan fingerprint density at radius 1 is 1.17 bits per heavy atom. The van der Waals surface area contributed by atoms with E-state index in [2.05, 4.69) is 17.9 Å². The Hall–Kier alpha value is -3.46. The highest BCUT2D eigenvalue weighted by molar-refractivity contribution is 5.85. The molecule has 0 N–H and O–H groups in total. The quantitative estimate of drug-likeness (QED) is 0.597. The Labute approximate surface area is 176 Å². The second-order valence-corrected chi connectivity index (χ2v) is 7.77. The van der Waals surface area contributed by atoms with Gasteiger partial charge in [-0.15, -0.1) is 0 Å². The van der Waals surface area contributed by atoms with Gasteiger partial charge in [-0.3, -0.25) is 4.79 Å². The smallest absolute Gasteiger partial charge is 0.330 e. The molecule has 1 aliphatic heterocycles. The fraction of sp³-hybridized carbons (Fsp3) is 0.333. The molecule has 30 heavy (non-hydrogen) atoms. The average Bonchev–Trinajstić information content (AvgIpc) is 2.78. The molecular weight excluding hydrogens is 376 g/mol. The lowest BCUT2D eigenvalue weighted by Crippen LogP contribution is -2.36. The summed E-state index contributed by atoms with van der Waals surface area (Å²) in [5, 5.41) is 9.86. The van der Waals surface area contributed by atoms with Crippen molar-refractivity contribution in [1.82, 2.24) is 9.97 Å². The number of carbonyl (C=O) groups excluding carboxylic acids is 1. The van der Waals surface area contributed by atoms with Crippen molar-refractivity contribution in [2.45, 2.75) is 32.3 Å².